The minimum absolute atomic E-state index is 0.329. The van der Waals surface area contributed by atoms with E-state index in [1.807, 2.05) is 58.0 Å². The van der Waals surface area contributed by atoms with Crippen LogP contribution in [0.4, 0.5) is 10.5 Å². The van der Waals surface area contributed by atoms with Crippen molar-refractivity contribution in [3.8, 4) is 5.75 Å². The maximum atomic E-state index is 11.9. The summed E-state index contributed by atoms with van der Waals surface area (Å²) in [6, 6.07) is 14.5. The average Bonchev–Trinajstić information content (AvgIpc) is 2.94. The quantitative estimate of drug-likeness (QED) is 0.428. The number of ether oxygens (including phenoxy) is 1. The third kappa shape index (κ3) is 4.63. The molecule has 1 heterocycles. The van der Waals surface area contributed by atoms with Crippen LogP contribution >= 0.6 is 0 Å². The monoisotopic (exact) mass is 410 g/mol. The first kappa shape index (κ1) is 21.8. The number of hydrogen-bond donors (Lipinski definition) is 2. The lowest BCUT2D eigenvalue weighted by molar-refractivity contribution is 0.00578. The third-order valence-corrected chi connectivity index (χ3v) is 5.47. The van der Waals surface area contributed by atoms with Gasteiger partial charge in [0.15, 0.2) is 0 Å². The number of hydrogen-bond acceptors (Lipinski definition) is 6. The fourth-order valence-corrected chi connectivity index (χ4v) is 2.85. The molecule has 0 bridgehead atoms. The van der Waals surface area contributed by atoms with Crippen molar-refractivity contribution in [2.75, 3.05) is 12.4 Å². The molecule has 1 fully saturated rings. The van der Waals surface area contributed by atoms with E-state index in [1.165, 1.54) is 7.05 Å². The molecular weight excluding hydrogens is 383 g/mol. The van der Waals surface area contributed by atoms with E-state index in [-0.39, 0.29) is 11.2 Å². The largest absolute Gasteiger partial charge is 0.494 e. The van der Waals surface area contributed by atoms with Gasteiger partial charge in [0.1, 0.15) is 12.4 Å². The molecule has 2 N–H and O–H groups in total. The number of rotatable bonds is 6. The molecule has 1 aliphatic rings. The fraction of sp³-hybridized carbons (Fsp3) is 0.381. The van der Waals surface area contributed by atoms with E-state index >= 15 is 0 Å². The van der Waals surface area contributed by atoms with Gasteiger partial charge < -0.3 is 19.4 Å². The van der Waals surface area contributed by atoms with E-state index in [1.54, 1.807) is 18.2 Å². The highest BCUT2D eigenvalue weighted by molar-refractivity contribution is 6.62. The van der Waals surface area contributed by atoms with Gasteiger partial charge in [-0.2, -0.15) is 10.5 Å². The fourth-order valence-electron chi connectivity index (χ4n) is 2.85. The number of para-hydroxylation sites is 2. The molecule has 0 spiro atoms. The van der Waals surface area contributed by atoms with E-state index in [2.05, 4.69) is 10.5 Å². The summed E-state index contributed by atoms with van der Waals surface area (Å²) in [5.41, 5.74) is 8.58. The number of amides is 2. The number of carbonyl (C=O) groups excluding carboxylic acids is 1. The van der Waals surface area contributed by atoms with E-state index in [4.69, 9.17) is 19.6 Å². The topological polar surface area (TPSA) is 96.2 Å². The molecule has 0 atom stereocenters. The Hall–Kier alpha value is -2.91. The molecule has 3 rings (SSSR count). The van der Waals surface area contributed by atoms with Crippen LogP contribution < -0.4 is 15.5 Å². The number of anilines is 1. The smallest absolute Gasteiger partial charge is 0.487 e. The standard InChI is InChI=1S/C21H27BN4O4/c1-20(2)21(3,4)30-22(29-20)16-12-10-15(11-13-16)14-28-18-9-7-6-8-17(18)24-19(27)26(5)25-23/h6-13,23H,14H2,1-5H3,(H,24,27). The summed E-state index contributed by atoms with van der Waals surface area (Å²) >= 11 is 0. The van der Waals surface area contributed by atoms with Gasteiger partial charge in [-0.3, -0.25) is 0 Å². The van der Waals surface area contributed by atoms with Crippen molar-refractivity contribution < 1.29 is 18.8 Å². The van der Waals surface area contributed by atoms with Crippen molar-refractivity contribution in [2.24, 2.45) is 5.22 Å². The Morgan fingerprint density at radius 3 is 2.30 bits per heavy atom. The van der Waals surface area contributed by atoms with Crippen LogP contribution in [0.25, 0.3) is 0 Å². The average molecular weight is 410 g/mol. The minimum Gasteiger partial charge on any atom is -0.487 e. The Labute approximate surface area is 177 Å². The lowest BCUT2D eigenvalue weighted by Gasteiger charge is -2.32. The number of benzene rings is 2. The summed E-state index contributed by atoms with van der Waals surface area (Å²) in [4.78, 5) is 11.9. The maximum Gasteiger partial charge on any atom is 0.494 e. The Bertz CT molecular complexity index is 901. The van der Waals surface area contributed by atoms with Crippen molar-refractivity contribution in [1.29, 1.82) is 5.53 Å². The molecule has 0 saturated carbocycles. The van der Waals surface area contributed by atoms with Crippen LogP contribution in [0.5, 0.6) is 5.75 Å². The molecule has 2 amide bonds. The molecule has 0 unspecified atom stereocenters. The lowest BCUT2D eigenvalue weighted by Crippen LogP contribution is -2.41. The summed E-state index contributed by atoms with van der Waals surface area (Å²) in [7, 11) is 0.994. The van der Waals surface area contributed by atoms with E-state index in [9.17, 15) is 4.79 Å². The molecule has 2 aromatic rings. The van der Waals surface area contributed by atoms with E-state index < -0.39 is 13.1 Å². The first-order valence-electron chi connectivity index (χ1n) is 9.71. The predicted octanol–water partition coefficient (Wildman–Crippen LogP) is 3.97. The Morgan fingerprint density at radius 2 is 1.70 bits per heavy atom. The van der Waals surface area contributed by atoms with Crippen molar-refractivity contribution in [1.82, 2.24) is 5.01 Å². The molecule has 8 nitrogen and oxygen atoms in total. The molecule has 2 aromatic carbocycles. The first-order chi connectivity index (χ1) is 14.1. The van der Waals surface area contributed by atoms with Crippen LogP contribution in [0.2, 0.25) is 0 Å². The number of nitrogens with one attached hydrogen (secondary N) is 2. The second-order valence-electron chi connectivity index (χ2n) is 8.17. The number of carbonyl (C=O) groups is 1. The highest BCUT2D eigenvalue weighted by Gasteiger charge is 2.51. The molecule has 1 aliphatic heterocycles. The highest BCUT2D eigenvalue weighted by Crippen LogP contribution is 2.36. The van der Waals surface area contributed by atoms with Gasteiger partial charge in [0, 0.05) is 7.05 Å². The highest BCUT2D eigenvalue weighted by atomic mass is 16.7. The van der Waals surface area contributed by atoms with Gasteiger partial charge in [-0.05, 0) is 50.9 Å². The summed E-state index contributed by atoms with van der Waals surface area (Å²) in [5.74, 6) is 0.527. The van der Waals surface area contributed by atoms with Crippen molar-refractivity contribution >= 4 is 24.3 Å². The predicted molar refractivity (Wildman–Crippen MR) is 115 cm³/mol. The van der Waals surface area contributed by atoms with Gasteiger partial charge in [-0.15, -0.1) is 0 Å². The van der Waals surface area contributed by atoms with Gasteiger partial charge in [-0.25, -0.2) is 4.79 Å². The zero-order chi connectivity index (χ0) is 21.9. The van der Waals surface area contributed by atoms with Crippen LogP contribution in [0.15, 0.2) is 53.8 Å². The van der Waals surface area contributed by atoms with Crippen LogP contribution in [0.3, 0.4) is 0 Å². The maximum absolute atomic E-state index is 11.9. The molecule has 158 valence electrons. The van der Waals surface area contributed by atoms with Crippen LogP contribution in [0.1, 0.15) is 33.3 Å². The summed E-state index contributed by atoms with van der Waals surface area (Å²) in [6.45, 7) is 8.44. The van der Waals surface area contributed by atoms with Gasteiger partial charge in [-0.1, -0.05) is 41.6 Å². The molecule has 9 heteroatoms. The van der Waals surface area contributed by atoms with Crippen molar-refractivity contribution in [3.63, 3.8) is 0 Å². The van der Waals surface area contributed by atoms with Crippen LogP contribution in [0, 0.1) is 5.53 Å². The Balaban J connectivity index is 1.64. The van der Waals surface area contributed by atoms with E-state index in [0.717, 1.165) is 16.0 Å². The van der Waals surface area contributed by atoms with Crippen LogP contribution in [-0.2, 0) is 15.9 Å². The molecule has 30 heavy (non-hydrogen) atoms. The molecule has 0 aromatic heterocycles. The lowest BCUT2D eigenvalue weighted by atomic mass is 9.79. The normalized spacial score (nSPS) is 16.8. The summed E-state index contributed by atoms with van der Waals surface area (Å²) in [6.07, 6.45) is 0. The summed E-state index contributed by atoms with van der Waals surface area (Å²) in [5, 5.41) is 6.64. The number of urea groups is 1. The van der Waals surface area contributed by atoms with Crippen molar-refractivity contribution in [2.45, 2.75) is 45.5 Å². The van der Waals surface area contributed by atoms with Gasteiger partial charge in [0.05, 0.1) is 16.9 Å². The van der Waals surface area contributed by atoms with Crippen molar-refractivity contribution in [3.05, 3.63) is 54.1 Å². The van der Waals surface area contributed by atoms with Gasteiger partial charge in [0.2, 0.25) is 0 Å². The minimum atomic E-state index is -0.521. The Kier molecular flexibility index (Phi) is 6.14. The number of nitrogens with zero attached hydrogens (tertiary/aromatic N) is 2. The Morgan fingerprint density at radius 1 is 1.10 bits per heavy atom. The second-order valence-corrected chi connectivity index (χ2v) is 8.17. The first-order valence-corrected chi connectivity index (χ1v) is 9.71. The van der Waals surface area contributed by atoms with Gasteiger partial charge in [0.25, 0.3) is 0 Å². The molecular formula is C21H27BN4O4. The zero-order valence-corrected chi connectivity index (χ0v) is 17.9. The third-order valence-electron chi connectivity index (χ3n) is 5.47. The summed E-state index contributed by atoms with van der Waals surface area (Å²) < 4.78 is 18.1. The zero-order valence-electron chi connectivity index (χ0n) is 17.9. The van der Waals surface area contributed by atoms with Gasteiger partial charge >= 0.3 is 13.1 Å². The molecule has 0 aliphatic carbocycles. The molecule has 0 radical (unpaired) electrons. The molecule has 1 saturated heterocycles. The van der Waals surface area contributed by atoms with Crippen LogP contribution in [-0.4, -0.2) is 36.4 Å². The van der Waals surface area contributed by atoms with E-state index in [0.29, 0.717) is 18.0 Å². The SMILES string of the molecule is CN(N=N)C(=O)Nc1ccccc1OCc1ccc(B2OC(C)(C)C(C)(C)O2)cc1. The second kappa shape index (κ2) is 8.45.